The fraction of sp³-hybridized carbons (Fsp3) is 0.409. The minimum absolute atomic E-state index is 0.0661. The number of fused-ring (bicyclic) bond motifs is 2. The zero-order chi connectivity index (χ0) is 33.4. The van der Waals surface area contributed by atoms with Crippen LogP contribution in [0.3, 0.4) is 0 Å². The van der Waals surface area contributed by atoms with Gasteiger partial charge >= 0.3 is 0 Å². The van der Waals surface area contributed by atoms with Crippen molar-refractivity contribution in [1.82, 2.24) is 9.88 Å². The molecular weight excluding hydrogens is 585 g/mol. The highest BCUT2D eigenvalue weighted by atomic mass is 28.3. The average molecular weight is 643 g/mol. The number of hydrogen-bond donors (Lipinski definition) is 1. The number of aryl methyl sites for hydroxylation is 2. The van der Waals surface area contributed by atoms with E-state index in [-0.39, 0.29) is 11.1 Å². The number of nitrogens with one attached hydrogen (secondary N) is 1. The first kappa shape index (κ1) is 34.9. The molecule has 1 heterocycles. The van der Waals surface area contributed by atoms with Crippen LogP contribution in [0.4, 0.5) is 0 Å². The Bertz CT molecular complexity index is 1530. The molecule has 0 bridgehead atoms. The van der Waals surface area contributed by atoms with E-state index in [4.69, 9.17) is 0 Å². The van der Waals surface area contributed by atoms with Gasteiger partial charge in [-0.05, 0) is 84.6 Å². The van der Waals surface area contributed by atoms with Crippen molar-refractivity contribution in [1.29, 1.82) is 0 Å². The van der Waals surface area contributed by atoms with Gasteiger partial charge in [-0.15, -0.1) is 0 Å². The van der Waals surface area contributed by atoms with Gasteiger partial charge in [-0.3, -0.25) is 0 Å². The second-order valence-electron chi connectivity index (χ2n) is 14.7. The molecule has 1 atom stereocenters. The Morgan fingerprint density at radius 2 is 1.13 bits per heavy atom. The minimum Gasteiger partial charge on any atom is -0.363 e. The van der Waals surface area contributed by atoms with Crippen molar-refractivity contribution in [3.63, 3.8) is 0 Å². The first-order valence-corrected chi connectivity index (χ1v) is 20.4. The van der Waals surface area contributed by atoms with Crippen molar-refractivity contribution in [2.75, 3.05) is 0 Å². The Balaban J connectivity index is 0.00000139. The summed E-state index contributed by atoms with van der Waals surface area (Å²) in [6.45, 7) is 17.8. The SMILES string of the molecule is CCC.CCCCc1ccc([Si](NC(C)(C)C)(c2ccc(CCCC)cc2)C2C=C(N3Cc4ccccc4C3)c3ccccc32)cc1. The van der Waals surface area contributed by atoms with E-state index in [1.165, 1.54) is 81.6 Å². The van der Waals surface area contributed by atoms with Crippen LogP contribution in [0.15, 0.2) is 103 Å². The molecule has 4 aromatic rings. The topological polar surface area (TPSA) is 15.3 Å². The van der Waals surface area contributed by atoms with Gasteiger partial charge in [0, 0.05) is 35.4 Å². The molecule has 0 aromatic heterocycles. The maximum absolute atomic E-state index is 4.41. The van der Waals surface area contributed by atoms with Crippen LogP contribution in [0.5, 0.6) is 0 Å². The largest absolute Gasteiger partial charge is 0.363 e. The summed E-state index contributed by atoms with van der Waals surface area (Å²) in [6.07, 6.45) is 11.1. The molecule has 1 aliphatic heterocycles. The molecule has 1 N–H and O–H groups in total. The number of unbranched alkanes of at least 4 members (excludes halogenated alkanes) is 2. The Kier molecular flexibility index (Phi) is 11.6. The van der Waals surface area contributed by atoms with Crippen LogP contribution in [0.1, 0.15) is 119 Å². The Labute approximate surface area is 287 Å². The Morgan fingerprint density at radius 1 is 0.660 bits per heavy atom. The van der Waals surface area contributed by atoms with Crippen LogP contribution in [0, 0.1) is 0 Å². The van der Waals surface area contributed by atoms with E-state index in [9.17, 15) is 0 Å². The fourth-order valence-electron chi connectivity index (χ4n) is 7.45. The first-order valence-electron chi connectivity index (χ1n) is 18.3. The first-order chi connectivity index (χ1) is 22.7. The summed E-state index contributed by atoms with van der Waals surface area (Å²) in [5.41, 5.74) is 10.3. The lowest BCUT2D eigenvalue weighted by atomic mass is 10.1. The van der Waals surface area contributed by atoms with E-state index in [1.807, 2.05) is 0 Å². The lowest BCUT2D eigenvalue weighted by Crippen LogP contribution is -2.75. The number of nitrogens with zero attached hydrogens (tertiary/aromatic N) is 1. The summed E-state index contributed by atoms with van der Waals surface area (Å²) in [5.74, 6) is 0. The summed E-state index contributed by atoms with van der Waals surface area (Å²) in [5, 5.41) is 2.94. The van der Waals surface area contributed by atoms with Gasteiger partial charge in [-0.1, -0.05) is 150 Å². The zero-order valence-electron chi connectivity index (χ0n) is 30.2. The molecule has 1 aliphatic carbocycles. The van der Waals surface area contributed by atoms with Gasteiger partial charge in [0.05, 0.1) is 0 Å². The maximum atomic E-state index is 4.41. The quantitative estimate of drug-likeness (QED) is 0.164. The molecular formula is C44H58N2Si. The van der Waals surface area contributed by atoms with Gasteiger partial charge < -0.3 is 9.88 Å². The number of hydrogen-bond acceptors (Lipinski definition) is 2. The highest BCUT2D eigenvalue weighted by Crippen LogP contribution is 2.44. The van der Waals surface area contributed by atoms with E-state index in [1.54, 1.807) is 0 Å². The second-order valence-corrected chi connectivity index (χ2v) is 18.4. The standard InChI is InChI=1S/C41H50N2Si.C3H8/c1-6-8-14-31-20-24-35(25-21-31)44(42-41(3,4)5,36-26-22-32(23-27-36)15-9-7-2)40-28-39(37-18-12-13-19-38(37)40)43-29-33-16-10-11-17-34(33)30-43;1-3-2/h10-13,16-28,40,42H,6-9,14-15,29-30H2,1-5H3;3H2,1-2H3. The second kappa shape index (κ2) is 15.7. The molecule has 0 saturated heterocycles. The lowest BCUT2D eigenvalue weighted by Gasteiger charge is -2.43. The van der Waals surface area contributed by atoms with Crippen molar-refractivity contribution in [2.24, 2.45) is 0 Å². The molecule has 3 heteroatoms. The monoisotopic (exact) mass is 642 g/mol. The van der Waals surface area contributed by atoms with Crippen molar-refractivity contribution < 1.29 is 0 Å². The smallest absolute Gasteiger partial charge is 0.201 e. The summed E-state index contributed by atoms with van der Waals surface area (Å²) in [6, 6.07) is 37.8. The third-order valence-corrected chi connectivity index (χ3v) is 14.6. The third kappa shape index (κ3) is 7.85. The van der Waals surface area contributed by atoms with Crippen LogP contribution >= 0.6 is 0 Å². The third-order valence-electron chi connectivity index (χ3n) is 9.57. The van der Waals surface area contributed by atoms with E-state index in [0.717, 1.165) is 25.9 Å². The highest BCUT2D eigenvalue weighted by Gasteiger charge is 2.50. The van der Waals surface area contributed by atoms with Crippen molar-refractivity contribution in [2.45, 2.75) is 118 Å². The van der Waals surface area contributed by atoms with Gasteiger partial charge in [0.25, 0.3) is 0 Å². The summed E-state index contributed by atoms with van der Waals surface area (Å²) in [4.78, 5) is 7.03. The summed E-state index contributed by atoms with van der Waals surface area (Å²) < 4.78 is 0. The Hall–Kier alpha value is -3.40. The molecule has 4 aromatic carbocycles. The normalized spacial score (nSPS) is 15.5. The van der Waals surface area contributed by atoms with Gasteiger partial charge in [-0.2, -0.15) is 0 Å². The summed E-state index contributed by atoms with van der Waals surface area (Å²) >= 11 is 0. The molecule has 0 amide bonds. The van der Waals surface area contributed by atoms with Crippen molar-refractivity contribution >= 4 is 24.3 Å². The van der Waals surface area contributed by atoms with Crippen LogP contribution in [-0.2, 0) is 25.9 Å². The predicted molar refractivity (Wildman–Crippen MR) is 207 cm³/mol. The molecule has 2 aliphatic rings. The molecule has 0 fully saturated rings. The van der Waals surface area contributed by atoms with E-state index in [0.29, 0.717) is 0 Å². The average Bonchev–Trinajstić information content (AvgIpc) is 3.68. The van der Waals surface area contributed by atoms with E-state index >= 15 is 0 Å². The van der Waals surface area contributed by atoms with E-state index < -0.39 is 8.24 Å². The molecule has 2 nitrogen and oxygen atoms in total. The minimum atomic E-state index is -2.64. The molecule has 6 rings (SSSR count). The predicted octanol–water partition coefficient (Wildman–Crippen LogP) is 9.93. The lowest BCUT2D eigenvalue weighted by molar-refractivity contribution is 0.423. The van der Waals surface area contributed by atoms with Gasteiger partial charge in [0.1, 0.15) is 0 Å². The van der Waals surface area contributed by atoms with Crippen LogP contribution < -0.4 is 15.4 Å². The number of allylic oxidation sites excluding steroid dienone is 1. The highest BCUT2D eigenvalue weighted by molar-refractivity contribution is 7.02. The van der Waals surface area contributed by atoms with Crippen molar-refractivity contribution in [3.05, 3.63) is 137 Å². The van der Waals surface area contributed by atoms with Gasteiger partial charge in [0.2, 0.25) is 8.24 Å². The number of benzene rings is 4. The molecule has 0 spiro atoms. The van der Waals surface area contributed by atoms with Crippen LogP contribution in [0.25, 0.3) is 5.70 Å². The van der Waals surface area contributed by atoms with Crippen LogP contribution in [-0.4, -0.2) is 18.7 Å². The van der Waals surface area contributed by atoms with E-state index in [2.05, 4.69) is 161 Å². The fourth-order valence-corrected chi connectivity index (χ4v) is 12.6. The molecule has 47 heavy (non-hydrogen) atoms. The number of rotatable bonds is 11. The maximum Gasteiger partial charge on any atom is 0.201 e. The zero-order valence-corrected chi connectivity index (χ0v) is 31.2. The molecule has 1 unspecified atom stereocenters. The van der Waals surface area contributed by atoms with Crippen molar-refractivity contribution in [3.8, 4) is 0 Å². The molecule has 0 saturated carbocycles. The van der Waals surface area contributed by atoms with Gasteiger partial charge in [0.15, 0.2) is 0 Å². The molecule has 0 radical (unpaired) electrons. The summed E-state index contributed by atoms with van der Waals surface area (Å²) in [7, 11) is -2.64. The Morgan fingerprint density at radius 3 is 1.60 bits per heavy atom. The molecule has 248 valence electrons. The van der Waals surface area contributed by atoms with Gasteiger partial charge in [-0.25, -0.2) is 0 Å². The van der Waals surface area contributed by atoms with Crippen LogP contribution in [0.2, 0.25) is 0 Å².